The topological polar surface area (TPSA) is 67.9 Å². The van der Waals surface area contributed by atoms with Crippen molar-refractivity contribution < 1.29 is 19.1 Å². The van der Waals surface area contributed by atoms with Crippen molar-refractivity contribution in [3.05, 3.63) is 94.4 Å². The Morgan fingerprint density at radius 1 is 1.06 bits per heavy atom. The molecule has 0 atom stereocenters. The molecule has 1 aliphatic rings. The van der Waals surface area contributed by atoms with E-state index in [1.165, 1.54) is 18.9 Å². The molecule has 6 nitrogen and oxygen atoms in total. The van der Waals surface area contributed by atoms with Gasteiger partial charge in [0, 0.05) is 5.69 Å². The number of thioether (sulfide) groups is 1. The van der Waals surface area contributed by atoms with E-state index in [4.69, 9.17) is 21.7 Å². The summed E-state index contributed by atoms with van der Waals surface area (Å²) in [6.45, 7) is 2.23. The average molecular weight is 505 g/mol. The number of amides is 2. The number of hydrogen-bond acceptors (Lipinski definition) is 6. The summed E-state index contributed by atoms with van der Waals surface area (Å²) >= 11 is 6.71. The number of thiocarbonyl (C=S) groups is 1. The second-order valence-corrected chi connectivity index (χ2v) is 9.55. The first-order chi connectivity index (χ1) is 16.9. The first-order valence-electron chi connectivity index (χ1n) is 10.9. The van der Waals surface area contributed by atoms with Gasteiger partial charge in [-0.15, -0.1) is 0 Å². The Morgan fingerprint density at radius 3 is 2.60 bits per heavy atom. The van der Waals surface area contributed by atoms with Crippen LogP contribution >= 0.6 is 24.0 Å². The summed E-state index contributed by atoms with van der Waals surface area (Å²) in [6.07, 6.45) is 1.78. The highest BCUT2D eigenvalue weighted by Crippen LogP contribution is 2.35. The first-order valence-corrected chi connectivity index (χ1v) is 12.1. The average Bonchev–Trinajstić information content (AvgIpc) is 3.11. The van der Waals surface area contributed by atoms with Crippen molar-refractivity contribution >= 4 is 51.9 Å². The van der Waals surface area contributed by atoms with Crippen LogP contribution in [-0.2, 0) is 16.1 Å². The molecular formula is C27H24N2O4S2. The van der Waals surface area contributed by atoms with E-state index in [1.807, 2.05) is 61.5 Å². The number of aryl methyl sites for hydroxylation is 1. The van der Waals surface area contributed by atoms with E-state index in [9.17, 15) is 9.59 Å². The molecule has 35 heavy (non-hydrogen) atoms. The fourth-order valence-electron chi connectivity index (χ4n) is 3.51. The molecule has 3 aromatic carbocycles. The third-order valence-corrected chi connectivity index (χ3v) is 6.58. The fraction of sp³-hybridized carbons (Fsp3) is 0.148. The molecule has 178 valence electrons. The number of benzene rings is 3. The van der Waals surface area contributed by atoms with Crippen LogP contribution in [0.5, 0.6) is 11.5 Å². The van der Waals surface area contributed by atoms with Crippen molar-refractivity contribution in [2.45, 2.75) is 13.5 Å². The van der Waals surface area contributed by atoms with Gasteiger partial charge in [0.15, 0.2) is 18.1 Å². The van der Waals surface area contributed by atoms with Crippen molar-refractivity contribution in [1.82, 2.24) is 4.90 Å². The van der Waals surface area contributed by atoms with Gasteiger partial charge in [-0.05, 0) is 54.0 Å². The molecule has 0 radical (unpaired) electrons. The van der Waals surface area contributed by atoms with Gasteiger partial charge in [0.1, 0.15) is 4.32 Å². The molecule has 3 aromatic rings. The lowest BCUT2D eigenvalue weighted by molar-refractivity contribution is -0.122. The highest BCUT2D eigenvalue weighted by Gasteiger charge is 2.32. The number of rotatable bonds is 8. The highest BCUT2D eigenvalue weighted by molar-refractivity contribution is 8.26. The summed E-state index contributed by atoms with van der Waals surface area (Å²) < 4.78 is 11.7. The van der Waals surface area contributed by atoms with E-state index in [-0.39, 0.29) is 18.4 Å². The molecule has 1 aliphatic heterocycles. The lowest BCUT2D eigenvalue weighted by Crippen LogP contribution is -2.27. The zero-order valence-corrected chi connectivity index (χ0v) is 20.9. The molecular weight excluding hydrogens is 480 g/mol. The Balaban J connectivity index is 1.41. The van der Waals surface area contributed by atoms with Gasteiger partial charge in [0.05, 0.1) is 18.6 Å². The molecule has 1 fully saturated rings. The van der Waals surface area contributed by atoms with Crippen molar-refractivity contribution in [3.63, 3.8) is 0 Å². The SMILES string of the molecule is COc1cc(/C=C2/SC(=S)N(Cc3ccccc3)C2=O)ccc1OCC(=O)Nc1cccc(C)c1. The van der Waals surface area contributed by atoms with Crippen molar-refractivity contribution in [1.29, 1.82) is 0 Å². The molecule has 0 bridgehead atoms. The maximum Gasteiger partial charge on any atom is 0.266 e. The lowest BCUT2D eigenvalue weighted by Gasteiger charge is -2.14. The summed E-state index contributed by atoms with van der Waals surface area (Å²) in [5, 5.41) is 2.81. The van der Waals surface area contributed by atoms with Crippen molar-refractivity contribution in [3.8, 4) is 11.5 Å². The lowest BCUT2D eigenvalue weighted by atomic mass is 10.1. The van der Waals surface area contributed by atoms with Crippen LogP contribution in [0.25, 0.3) is 6.08 Å². The molecule has 2 amide bonds. The molecule has 0 aliphatic carbocycles. The number of carbonyl (C=O) groups excluding carboxylic acids is 2. The van der Waals surface area contributed by atoms with E-state index >= 15 is 0 Å². The molecule has 0 unspecified atom stereocenters. The zero-order valence-electron chi connectivity index (χ0n) is 19.3. The molecule has 0 spiro atoms. The van der Waals surface area contributed by atoms with Gasteiger partial charge in [-0.2, -0.15) is 0 Å². The molecule has 1 N–H and O–H groups in total. The van der Waals surface area contributed by atoms with Crippen LogP contribution in [0.15, 0.2) is 77.7 Å². The highest BCUT2D eigenvalue weighted by atomic mass is 32.2. The van der Waals surface area contributed by atoms with Gasteiger partial charge in [0.2, 0.25) is 0 Å². The summed E-state index contributed by atoms with van der Waals surface area (Å²) in [4.78, 5) is 27.4. The second-order valence-electron chi connectivity index (χ2n) is 7.87. The van der Waals surface area contributed by atoms with E-state index in [2.05, 4.69) is 5.32 Å². The Bertz CT molecular complexity index is 1290. The Labute approximate surface area is 213 Å². The van der Waals surface area contributed by atoms with Gasteiger partial charge >= 0.3 is 0 Å². The molecule has 0 saturated carbocycles. The first kappa shape index (κ1) is 24.5. The maximum atomic E-state index is 12.9. The normalized spacial score (nSPS) is 14.3. The van der Waals surface area contributed by atoms with E-state index < -0.39 is 0 Å². The summed E-state index contributed by atoms with van der Waals surface area (Å²) in [5.41, 5.74) is 3.54. The molecule has 0 aromatic heterocycles. The molecule has 1 heterocycles. The minimum Gasteiger partial charge on any atom is -0.493 e. The minimum absolute atomic E-state index is 0.129. The fourth-order valence-corrected chi connectivity index (χ4v) is 4.77. The zero-order chi connectivity index (χ0) is 24.8. The summed E-state index contributed by atoms with van der Waals surface area (Å²) in [5.74, 6) is 0.488. The van der Waals surface area contributed by atoms with Crippen LogP contribution in [-0.4, -0.2) is 34.8 Å². The van der Waals surface area contributed by atoms with Gasteiger partial charge in [0.25, 0.3) is 11.8 Å². The second kappa shape index (κ2) is 11.2. The van der Waals surface area contributed by atoms with Gasteiger partial charge in [-0.25, -0.2) is 0 Å². The number of anilines is 1. The number of carbonyl (C=O) groups is 2. The maximum absolute atomic E-state index is 12.9. The molecule has 8 heteroatoms. The van der Waals surface area contributed by atoms with Gasteiger partial charge in [-0.3, -0.25) is 14.5 Å². The van der Waals surface area contributed by atoms with E-state index in [1.54, 1.807) is 29.2 Å². The molecule has 4 rings (SSSR count). The van der Waals surface area contributed by atoms with Crippen LogP contribution in [0.4, 0.5) is 5.69 Å². The van der Waals surface area contributed by atoms with Crippen LogP contribution in [0.2, 0.25) is 0 Å². The largest absolute Gasteiger partial charge is 0.493 e. The van der Waals surface area contributed by atoms with Crippen LogP contribution in [0, 0.1) is 6.92 Å². The number of ether oxygens (including phenoxy) is 2. The quantitative estimate of drug-likeness (QED) is 0.326. The summed E-state index contributed by atoms with van der Waals surface area (Å²) in [6, 6.07) is 22.6. The molecule has 1 saturated heterocycles. The van der Waals surface area contributed by atoms with Crippen molar-refractivity contribution in [2.75, 3.05) is 19.0 Å². The minimum atomic E-state index is -0.274. The standard InChI is InChI=1S/C27H24N2O4S2/c1-18-7-6-10-21(13-18)28-25(30)17-33-22-12-11-20(14-23(22)32-2)15-24-26(31)29(27(34)35-24)16-19-8-4-3-5-9-19/h3-15H,16-17H2,1-2H3,(H,28,30)/b24-15+. The van der Waals surface area contributed by atoms with E-state index in [0.717, 1.165) is 16.7 Å². The monoisotopic (exact) mass is 504 g/mol. The van der Waals surface area contributed by atoms with Gasteiger partial charge in [-0.1, -0.05) is 72.5 Å². The predicted octanol–water partition coefficient (Wildman–Crippen LogP) is 5.42. The Hall–Kier alpha value is -3.62. The number of hydrogen-bond donors (Lipinski definition) is 1. The summed E-state index contributed by atoms with van der Waals surface area (Å²) in [7, 11) is 1.53. The van der Waals surface area contributed by atoms with Crippen LogP contribution in [0.1, 0.15) is 16.7 Å². The van der Waals surface area contributed by atoms with Crippen molar-refractivity contribution in [2.24, 2.45) is 0 Å². The number of methoxy groups -OCH3 is 1. The van der Waals surface area contributed by atoms with Gasteiger partial charge < -0.3 is 14.8 Å². The third kappa shape index (κ3) is 6.29. The number of nitrogens with one attached hydrogen (secondary N) is 1. The Kier molecular flexibility index (Phi) is 7.84. The third-order valence-electron chi connectivity index (χ3n) is 5.20. The van der Waals surface area contributed by atoms with Crippen LogP contribution < -0.4 is 14.8 Å². The predicted molar refractivity (Wildman–Crippen MR) is 143 cm³/mol. The van der Waals surface area contributed by atoms with E-state index in [0.29, 0.717) is 33.0 Å². The Morgan fingerprint density at radius 2 is 1.86 bits per heavy atom. The number of nitrogens with zero attached hydrogens (tertiary/aromatic N) is 1. The van der Waals surface area contributed by atoms with Crippen LogP contribution in [0.3, 0.4) is 0 Å². The smallest absolute Gasteiger partial charge is 0.266 e.